The molecule has 0 aromatic rings. The van der Waals surface area contributed by atoms with E-state index in [1.807, 2.05) is 0 Å². The Hall–Kier alpha value is -0.810. The van der Waals surface area contributed by atoms with E-state index in [2.05, 4.69) is 36.7 Å². The molecule has 0 fully saturated rings. The molecule has 0 aliphatic heterocycles. The van der Waals surface area contributed by atoms with Crippen molar-refractivity contribution in [2.24, 2.45) is 11.1 Å². The largest absolute Gasteiger partial charge is 0.352 e. The van der Waals surface area contributed by atoms with Crippen LogP contribution in [0.25, 0.3) is 0 Å². The van der Waals surface area contributed by atoms with Crippen molar-refractivity contribution >= 4 is 6.03 Å². The number of urea groups is 1. The summed E-state index contributed by atoms with van der Waals surface area (Å²) in [6.45, 7) is 10.5. The number of hydrogen-bond donors (Lipinski definition) is 4. The standard InChI is InChI=1S/C11H26N4O/c1-4-11(7-13-5-2,8-14-6-3)9-15-10(12)16/h13-14H,4-9H2,1-3H3,(H3,12,15,16). The van der Waals surface area contributed by atoms with Crippen LogP contribution in [-0.4, -0.2) is 38.8 Å². The fourth-order valence-electron chi connectivity index (χ4n) is 1.62. The monoisotopic (exact) mass is 230 g/mol. The van der Waals surface area contributed by atoms with Crippen molar-refractivity contribution in [1.82, 2.24) is 16.0 Å². The lowest BCUT2D eigenvalue weighted by molar-refractivity contribution is 0.222. The van der Waals surface area contributed by atoms with Crippen molar-refractivity contribution in [3.05, 3.63) is 0 Å². The van der Waals surface area contributed by atoms with Crippen molar-refractivity contribution < 1.29 is 4.79 Å². The van der Waals surface area contributed by atoms with E-state index in [0.29, 0.717) is 6.54 Å². The second kappa shape index (κ2) is 8.35. The van der Waals surface area contributed by atoms with Crippen molar-refractivity contribution in [3.63, 3.8) is 0 Å². The summed E-state index contributed by atoms with van der Waals surface area (Å²) in [6.07, 6.45) is 0.993. The molecule has 0 unspecified atom stereocenters. The SMILES string of the molecule is CCNCC(CC)(CNCC)CNC(N)=O. The zero-order valence-corrected chi connectivity index (χ0v) is 10.7. The van der Waals surface area contributed by atoms with Crippen LogP contribution in [0.5, 0.6) is 0 Å². The summed E-state index contributed by atoms with van der Waals surface area (Å²) in [4.78, 5) is 10.8. The van der Waals surface area contributed by atoms with Gasteiger partial charge in [-0.2, -0.15) is 0 Å². The lowest BCUT2D eigenvalue weighted by Crippen LogP contribution is -2.50. The summed E-state index contributed by atoms with van der Waals surface area (Å²) in [6, 6.07) is -0.453. The third-order valence-electron chi connectivity index (χ3n) is 2.89. The van der Waals surface area contributed by atoms with Gasteiger partial charge in [0.1, 0.15) is 0 Å². The zero-order chi connectivity index (χ0) is 12.4. The van der Waals surface area contributed by atoms with Crippen molar-refractivity contribution in [3.8, 4) is 0 Å². The minimum Gasteiger partial charge on any atom is -0.352 e. The van der Waals surface area contributed by atoms with Crippen LogP contribution in [0.1, 0.15) is 27.2 Å². The Balaban J connectivity index is 4.33. The van der Waals surface area contributed by atoms with Crippen LogP contribution in [0.15, 0.2) is 0 Å². The molecule has 0 bridgehead atoms. The molecular formula is C11H26N4O. The molecule has 5 N–H and O–H groups in total. The average molecular weight is 230 g/mol. The summed E-state index contributed by atoms with van der Waals surface area (Å²) >= 11 is 0. The molecule has 0 saturated carbocycles. The number of carbonyl (C=O) groups is 1. The summed E-state index contributed by atoms with van der Waals surface area (Å²) in [7, 11) is 0. The predicted molar refractivity (Wildman–Crippen MR) is 67.4 cm³/mol. The number of nitrogens with two attached hydrogens (primary N) is 1. The van der Waals surface area contributed by atoms with Gasteiger partial charge in [-0.15, -0.1) is 0 Å². The van der Waals surface area contributed by atoms with E-state index in [1.165, 1.54) is 0 Å². The van der Waals surface area contributed by atoms with E-state index in [1.54, 1.807) is 0 Å². The number of nitrogens with one attached hydrogen (secondary N) is 3. The second-order valence-corrected chi connectivity index (χ2v) is 4.13. The van der Waals surface area contributed by atoms with E-state index >= 15 is 0 Å². The van der Waals surface area contributed by atoms with E-state index in [4.69, 9.17) is 5.73 Å². The van der Waals surface area contributed by atoms with Gasteiger partial charge in [0.25, 0.3) is 0 Å². The number of amides is 2. The first-order valence-corrected chi connectivity index (χ1v) is 6.05. The molecule has 0 aromatic heterocycles. The molecule has 0 spiro atoms. The first kappa shape index (κ1) is 15.2. The molecule has 0 radical (unpaired) electrons. The van der Waals surface area contributed by atoms with Gasteiger partial charge in [0.15, 0.2) is 0 Å². The van der Waals surface area contributed by atoms with Crippen LogP contribution in [0, 0.1) is 5.41 Å². The average Bonchev–Trinajstić information content (AvgIpc) is 2.29. The van der Waals surface area contributed by atoms with E-state index < -0.39 is 6.03 Å². The van der Waals surface area contributed by atoms with Gasteiger partial charge in [-0.25, -0.2) is 4.79 Å². The molecule has 2 amide bonds. The first-order valence-electron chi connectivity index (χ1n) is 6.05. The van der Waals surface area contributed by atoms with Crippen molar-refractivity contribution in [1.29, 1.82) is 0 Å². The second-order valence-electron chi connectivity index (χ2n) is 4.13. The Morgan fingerprint density at radius 1 is 1.06 bits per heavy atom. The fraction of sp³-hybridized carbons (Fsp3) is 0.909. The van der Waals surface area contributed by atoms with E-state index in [9.17, 15) is 4.79 Å². The Bertz CT molecular complexity index is 188. The summed E-state index contributed by atoms with van der Waals surface area (Å²) in [5.74, 6) is 0. The topological polar surface area (TPSA) is 79.2 Å². The Kier molecular flexibility index (Phi) is 7.93. The van der Waals surface area contributed by atoms with Crippen LogP contribution >= 0.6 is 0 Å². The molecule has 0 aliphatic carbocycles. The highest BCUT2D eigenvalue weighted by Gasteiger charge is 2.27. The molecular weight excluding hydrogens is 204 g/mol. The van der Waals surface area contributed by atoms with E-state index in [-0.39, 0.29) is 5.41 Å². The summed E-state index contributed by atoms with van der Waals surface area (Å²) in [5, 5.41) is 9.40. The normalized spacial score (nSPS) is 11.4. The maximum atomic E-state index is 10.8. The lowest BCUT2D eigenvalue weighted by atomic mass is 9.84. The highest BCUT2D eigenvalue weighted by Crippen LogP contribution is 2.19. The van der Waals surface area contributed by atoms with Gasteiger partial charge in [0.05, 0.1) is 0 Å². The first-order chi connectivity index (χ1) is 7.60. The van der Waals surface area contributed by atoms with Gasteiger partial charge in [-0.3, -0.25) is 0 Å². The zero-order valence-electron chi connectivity index (χ0n) is 10.7. The Morgan fingerprint density at radius 2 is 1.56 bits per heavy atom. The number of rotatable bonds is 9. The number of hydrogen-bond acceptors (Lipinski definition) is 3. The van der Waals surface area contributed by atoms with Gasteiger partial charge in [-0.05, 0) is 19.5 Å². The summed E-state index contributed by atoms with van der Waals surface area (Å²) in [5.41, 5.74) is 5.16. The maximum Gasteiger partial charge on any atom is 0.312 e. The number of primary amides is 1. The van der Waals surface area contributed by atoms with Crippen molar-refractivity contribution in [2.45, 2.75) is 27.2 Å². The van der Waals surface area contributed by atoms with Gasteiger partial charge in [0, 0.05) is 25.0 Å². The minimum absolute atomic E-state index is 0.0427. The third kappa shape index (κ3) is 5.92. The fourth-order valence-corrected chi connectivity index (χ4v) is 1.62. The maximum absolute atomic E-state index is 10.8. The predicted octanol–water partition coefficient (Wildman–Crippen LogP) is 0.270. The van der Waals surface area contributed by atoms with E-state index in [0.717, 1.165) is 32.6 Å². The van der Waals surface area contributed by atoms with Crippen molar-refractivity contribution in [2.75, 3.05) is 32.7 Å². The van der Waals surface area contributed by atoms with Gasteiger partial charge >= 0.3 is 6.03 Å². The van der Waals surface area contributed by atoms with Crippen LogP contribution in [0.2, 0.25) is 0 Å². The molecule has 0 rings (SSSR count). The third-order valence-corrected chi connectivity index (χ3v) is 2.89. The molecule has 0 heterocycles. The van der Waals surface area contributed by atoms with Gasteiger partial charge in [-0.1, -0.05) is 20.8 Å². The highest BCUT2D eigenvalue weighted by atomic mass is 16.2. The Labute approximate surface area is 98.5 Å². The van der Waals surface area contributed by atoms with Crippen LogP contribution in [-0.2, 0) is 0 Å². The number of carbonyl (C=O) groups excluding carboxylic acids is 1. The van der Waals surface area contributed by atoms with Crippen LogP contribution in [0.3, 0.4) is 0 Å². The smallest absolute Gasteiger partial charge is 0.312 e. The molecule has 16 heavy (non-hydrogen) atoms. The quantitative estimate of drug-likeness (QED) is 0.459. The van der Waals surface area contributed by atoms with Gasteiger partial charge in [0.2, 0.25) is 0 Å². The molecule has 0 aliphatic rings. The molecule has 5 nitrogen and oxygen atoms in total. The summed E-state index contributed by atoms with van der Waals surface area (Å²) < 4.78 is 0. The van der Waals surface area contributed by atoms with Crippen LogP contribution < -0.4 is 21.7 Å². The molecule has 0 atom stereocenters. The molecule has 0 saturated heterocycles. The molecule has 96 valence electrons. The lowest BCUT2D eigenvalue weighted by Gasteiger charge is -2.33. The van der Waals surface area contributed by atoms with Gasteiger partial charge < -0.3 is 21.7 Å². The highest BCUT2D eigenvalue weighted by molar-refractivity contribution is 5.71. The minimum atomic E-state index is -0.453. The Morgan fingerprint density at radius 3 is 1.88 bits per heavy atom. The van der Waals surface area contributed by atoms with Crippen LogP contribution in [0.4, 0.5) is 4.79 Å². The molecule has 5 heteroatoms. The molecule has 0 aromatic carbocycles.